The number of imide groups is 1. The van der Waals surface area contributed by atoms with Gasteiger partial charge in [-0.2, -0.15) is 0 Å². The summed E-state index contributed by atoms with van der Waals surface area (Å²) >= 11 is 2.18. The molecule has 0 aliphatic carbocycles. The number of amides is 2. The van der Waals surface area contributed by atoms with Gasteiger partial charge in [-0.1, -0.05) is 0 Å². The predicted octanol–water partition coefficient (Wildman–Crippen LogP) is 3.04. The Bertz CT molecular complexity index is 729. The van der Waals surface area contributed by atoms with Gasteiger partial charge in [0.05, 0.1) is 19.2 Å². The highest BCUT2D eigenvalue weighted by Gasteiger charge is 2.39. The minimum Gasteiger partial charge on any atom is -0.497 e. The Hall–Kier alpha value is -2.09. The summed E-state index contributed by atoms with van der Waals surface area (Å²) in [6.45, 7) is 0. The van der Waals surface area contributed by atoms with Gasteiger partial charge in [-0.3, -0.25) is 9.59 Å². The second-order valence-electron chi connectivity index (χ2n) is 5.17. The highest BCUT2D eigenvalue weighted by Crippen LogP contribution is 2.26. The molecule has 6 heteroatoms. The molecular formula is C17H15IN2O3. The molecule has 1 atom stereocenters. The largest absolute Gasteiger partial charge is 0.497 e. The van der Waals surface area contributed by atoms with Crippen molar-refractivity contribution in [3.05, 3.63) is 52.1 Å². The predicted molar refractivity (Wildman–Crippen MR) is 96.7 cm³/mol. The van der Waals surface area contributed by atoms with E-state index >= 15 is 0 Å². The van der Waals surface area contributed by atoms with Crippen LogP contribution in [0.3, 0.4) is 0 Å². The SMILES string of the molecule is COc1ccc(NC2CC(=O)N(c3ccc(I)cc3)C2=O)cc1. The lowest BCUT2D eigenvalue weighted by Gasteiger charge is -2.16. The smallest absolute Gasteiger partial charge is 0.256 e. The Kier molecular flexibility index (Phi) is 4.51. The van der Waals surface area contributed by atoms with Crippen LogP contribution in [0.1, 0.15) is 6.42 Å². The summed E-state index contributed by atoms with van der Waals surface area (Å²) in [5.74, 6) is 0.319. The summed E-state index contributed by atoms with van der Waals surface area (Å²) < 4.78 is 6.16. The van der Waals surface area contributed by atoms with E-state index in [1.54, 1.807) is 31.4 Å². The molecule has 1 heterocycles. The molecule has 3 rings (SSSR count). The van der Waals surface area contributed by atoms with Crippen molar-refractivity contribution < 1.29 is 14.3 Å². The average molecular weight is 422 g/mol. The number of carbonyl (C=O) groups excluding carboxylic acids is 2. The van der Waals surface area contributed by atoms with Crippen LogP contribution in [0.4, 0.5) is 11.4 Å². The zero-order valence-corrected chi connectivity index (χ0v) is 14.6. The van der Waals surface area contributed by atoms with E-state index in [0.717, 1.165) is 15.0 Å². The first kappa shape index (κ1) is 15.8. The van der Waals surface area contributed by atoms with E-state index < -0.39 is 6.04 Å². The highest BCUT2D eigenvalue weighted by molar-refractivity contribution is 14.1. The van der Waals surface area contributed by atoms with Crippen LogP contribution in [0.2, 0.25) is 0 Å². The van der Waals surface area contributed by atoms with Crippen LogP contribution in [0, 0.1) is 3.57 Å². The Balaban J connectivity index is 1.76. The number of benzene rings is 2. The number of anilines is 2. The van der Waals surface area contributed by atoms with Crippen LogP contribution in [0.25, 0.3) is 0 Å². The van der Waals surface area contributed by atoms with Crippen molar-refractivity contribution in [3.8, 4) is 5.75 Å². The molecular weight excluding hydrogens is 407 g/mol. The standard InChI is InChI=1S/C17H15IN2O3/c1-23-14-8-4-12(5-9-14)19-15-10-16(21)20(17(15)22)13-6-2-11(18)3-7-13/h2-9,15,19H,10H2,1H3. The Morgan fingerprint density at radius 1 is 1.09 bits per heavy atom. The van der Waals surface area contributed by atoms with Gasteiger partial charge < -0.3 is 10.1 Å². The molecule has 5 nitrogen and oxygen atoms in total. The number of ether oxygens (including phenoxy) is 1. The van der Waals surface area contributed by atoms with Crippen LogP contribution >= 0.6 is 22.6 Å². The molecule has 0 spiro atoms. The Morgan fingerprint density at radius 2 is 1.74 bits per heavy atom. The molecule has 23 heavy (non-hydrogen) atoms. The molecule has 0 saturated carbocycles. The van der Waals surface area contributed by atoms with E-state index in [2.05, 4.69) is 27.9 Å². The summed E-state index contributed by atoms with van der Waals surface area (Å²) in [7, 11) is 1.60. The van der Waals surface area contributed by atoms with Crippen LogP contribution in [0.15, 0.2) is 48.5 Å². The number of halogens is 1. The summed E-state index contributed by atoms with van der Waals surface area (Å²) in [5.41, 5.74) is 1.39. The van der Waals surface area contributed by atoms with Gasteiger partial charge >= 0.3 is 0 Å². The number of hydrogen-bond acceptors (Lipinski definition) is 4. The van der Waals surface area contributed by atoms with Crippen molar-refractivity contribution in [3.63, 3.8) is 0 Å². The minimum absolute atomic E-state index is 0.150. The van der Waals surface area contributed by atoms with E-state index in [4.69, 9.17) is 4.74 Å². The van der Waals surface area contributed by atoms with E-state index in [0.29, 0.717) is 5.69 Å². The summed E-state index contributed by atoms with van der Waals surface area (Å²) in [6, 6.07) is 14.0. The van der Waals surface area contributed by atoms with Gasteiger partial charge in [0.2, 0.25) is 5.91 Å². The van der Waals surface area contributed by atoms with Gasteiger partial charge in [-0.25, -0.2) is 4.90 Å². The van der Waals surface area contributed by atoms with Crippen LogP contribution in [-0.4, -0.2) is 25.0 Å². The van der Waals surface area contributed by atoms with Crippen molar-refractivity contribution >= 4 is 45.8 Å². The average Bonchev–Trinajstić information content (AvgIpc) is 2.83. The van der Waals surface area contributed by atoms with E-state index in [9.17, 15) is 9.59 Å². The molecule has 2 amide bonds. The fourth-order valence-corrected chi connectivity index (χ4v) is 2.85. The third kappa shape index (κ3) is 3.31. The van der Waals surface area contributed by atoms with Crippen molar-refractivity contribution in [2.45, 2.75) is 12.5 Å². The summed E-state index contributed by atoms with van der Waals surface area (Å²) in [6.07, 6.45) is 0.150. The topological polar surface area (TPSA) is 58.6 Å². The summed E-state index contributed by atoms with van der Waals surface area (Å²) in [5, 5.41) is 3.11. The third-order valence-corrected chi connectivity index (χ3v) is 4.38. The zero-order chi connectivity index (χ0) is 16.4. The Labute approximate surface area is 147 Å². The van der Waals surface area contributed by atoms with Gasteiger partial charge in [0.15, 0.2) is 0 Å². The molecule has 1 unspecified atom stereocenters. The monoisotopic (exact) mass is 422 g/mol. The maximum atomic E-state index is 12.5. The third-order valence-electron chi connectivity index (χ3n) is 3.66. The summed E-state index contributed by atoms with van der Waals surface area (Å²) in [4.78, 5) is 26.0. The quantitative estimate of drug-likeness (QED) is 0.608. The number of nitrogens with zero attached hydrogens (tertiary/aromatic N) is 1. The fraction of sp³-hybridized carbons (Fsp3) is 0.176. The van der Waals surface area contributed by atoms with Gasteiger partial charge in [-0.05, 0) is 71.1 Å². The lowest BCUT2D eigenvalue weighted by Crippen LogP contribution is -2.34. The number of rotatable bonds is 4. The molecule has 1 N–H and O–H groups in total. The molecule has 1 aliphatic rings. The number of carbonyl (C=O) groups is 2. The van der Waals surface area contributed by atoms with Crippen molar-refractivity contribution in [1.82, 2.24) is 0 Å². The first-order valence-corrected chi connectivity index (χ1v) is 8.19. The second-order valence-corrected chi connectivity index (χ2v) is 6.42. The zero-order valence-electron chi connectivity index (χ0n) is 12.5. The minimum atomic E-state index is -0.546. The molecule has 0 bridgehead atoms. The normalized spacial score (nSPS) is 17.5. The first-order chi connectivity index (χ1) is 11.1. The van der Waals surface area contributed by atoms with E-state index in [1.165, 1.54) is 4.90 Å². The highest BCUT2D eigenvalue weighted by atomic mass is 127. The van der Waals surface area contributed by atoms with Crippen LogP contribution in [0.5, 0.6) is 5.75 Å². The number of nitrogens with one attached hydrogen (secondary N) is 1. The van der Waals surface area contributed by atoms with Crippen molar-refractivity contribution in [1.29, 1.82) is 0 Å². The van der Waals surface area contributed by atoms with Crippen molar-refractivity contribution in [2.24, 2.45) is 0 Å². The molecule has 1 saturated heterocycles. The van der Waals surface area contributed by atoms with Gasteiger partial charge in [0.25, 0.3) is 5.91 Å². The second kappa shape index (κ2) is 6.57. The van der Waals surface area contributed by atoms with Crippen LogP contribution < -0.4 is 15.0 Å². The molecule has 118 valence electrons. The first-order valence-electron chi connectivity index (χ1n) is 7.11. The van der Waals surface area contributed by atoms with E-state index in [1.807, 2.05) is 24.3 Å². The number of methoxy groups -OCH3 is 1. The van der Waals surface area contributed by atoms with Gasteiger partial charge in [0.1, 0.15) is 11.8 Å². The van der Waals surface area contributed by atoms with Gasteiger partial charge in [0, 0.05) is 9.26 Å². The maximum Gasteiger partial charge on any atom is 0.256 e. The Morgan fingerprint density at radius 3 is 2.35 bits per heavy atom. The molecule has 1 aliphatic heterocycles. The molecule has 2 aromatic carbocycles. The number of hydrogen-bond donors (Lipinski definition) is 1. The van der Waals surface area contributed by atoms with Crippen molar-refractivity contribution in [2.75, 3.05) is 17.3 Å². The molecule has 0 radical (unpaired) electrons. The maximum absolute atomic E-state index is 12.5. The molecule has 2 aromatic rings. The fourth-order valence-electron chi connectivity index (χ4n) is 2.49. The molecule has 1 fully saturated rings. The lowest BCUT2D eigenvalue weighted by atomic mass is 10.2. The van der Waals surface area contributed by atoms with Crippen LogP contribution in [-0.2, 0) is 9.59 Å². The lowest BCUT2D eigenvalue weighted by molar-refractivity contribution is -0.121. The van der Waals surface area contributed by atoms with E-state index in [-0.39, 0.29) is 18.2 Å². The molecule has 0 aromatic heterocycles. The van der Waals surface area contributed by atoms with Gasteiger partial charge in [-0.15, -0.1) is 0 Å².